The van der Waals surface area contributed by atoms with E-state index in [1.165, 1.54) is 14.0 Å². The molecule has 3 nitrogen and oxygen atoms in total. The summed E-state index contributed by atoms with van der Waals surface area (Å²) >= 11 is 0. The lowest BCUT2D eigenvalue weighted by atomic mass is 10.3. The summed E-state index contributed by atoms with van der Waals surface area (Å²) in [5, 5.41) is 3.25. The van der Waals surface area contributed by atoms with Crippen molar-refractivity contribution in [3.05, 3.63) is 11.4 Å². The van der Waals surface area contributed by atoms with Crippen LogP contribution in [0.3, 0.4) is 0 Å². The maximum Gasteiger partial charge on any atom is 0.437 e. The van der Waals surface area contributed by atoms with Gasteiger partial charge in [0.1, 0.15) is 0 Å². The van der Waals surface area contributed by atoms with Crippen LogP contribution in [-0.2, 0) is 13.2 Å². The fourth-order valence-corrected chi connectivity index (χ4v) is 0.834. The minimum Gasteiger partial charge on any atom is -0.395 e. The first-order valence-corrected chi connectivity index (χ1v) is 3.20. The molecule has 1 heterocycles. The first-order valence-electron chi connectivity index (χ1n) is 3.20. The molecule has 0 atom stereocenters. The van der Waals surface area contributed by atoms with E-state index in [1.54, 1.807) is 0 Å². The number of nitrogens with two attached hydrogens (primary N) is 1. The largest absolute Gasteiger partial charge is 0.437 e. The number of nitrogen functional groups attached to an aromatic ring is 1. The zero-order valence-electron chi connectivity index (χ0n) is 6.61. The monoisotopic (exact) mass is 179 g/mol. The fourth-order valence-electron chi connectivity index (χ4n) is 0.834. The molecule has 0 saturated heterocycles. The van der Waals surface area contributed by atoms with Gasteiger partial charge in [0.2, 0.25) is 0 Å². The van der Waals surface area contributed by atoms with Gasteiger partial charge in [-0.15, -0.1) is 0 Å². The van der Waals surface area contributed by atoms with Crippen molar-refractivity contribution in [2.24, 2.45) is 7.05 Å². The molecule has 1 aromatic heterocycles. The predicted molar refractivity (Wildman–Crippen MR) is 37.4 cm³/mol. The van der Waals surface area contributed by atoms with Gasteiger partial charge in [0, 0.05) is 7.05 Å². The maximum absolute atomic E-state index is 12.1. The van der Waals surface area contributed by atoms with E-state index in [0.717, 1.165) is 4.68 Å². The number of hydrogen-bond acceptors (Lipinski definition) is 2. The van der Waals surface area contributed by atoms with E-state index in [1.807, 2.05) is 0 Å². The lowest BCUT2D eigenvalue weighted by Crippen LogP contribution is -2.09. The van der Waals surface area contributed by atoms with Gasteiger partial charge in [-0.3, -0.25) is 4.68 Å². The van der Waals surface area contributed by atoms with Crippen molar-refractivity contribution in [2.45, 2.75) is 13.1 Å². The van der Waals surface area contributed by atoms with Crippen molar-refractivity contribution >= 4 is 5.69 Å². The lowest BCUT2D eigenvalue weighted by Gasteiger charge is -2.01. The Bertz CT molecular complexity index is 300. The van der Waals surface area contributed by atoms with Crippen LogP contribution in [0.15, 0.2) is 0 Å². The van der Waals surface area contributed by atoms with Gasteiger partial charge in [0.05, 0.1) is 11.4 Å². The van der Waals surface area contributed by atoms with Crippen LogP contribution >= 0.6 is 0 Å². The van der Waals surface area contributed by atoms with Crippen molar-refractivity contribution in [3.63, 3.8) is 0 Å². The van der Waals surface area contributed by atoms with Crippen LogP contribution in [0.25, 0.3) is 0 Å². The number of anilines is 1. The van der Waals surface area contributed by atoms with Gasteiger partial charge in [0.25, 0.3) is 0 Å². The molecule has 0 aliphatic rings. The van der Waals surface area contributed by atoms with E-state index in [2.05, 4.69) is 5.10 Å². The highest BCUT2D eigenvalue weighted by Crippen LogP contribution is 2.33. The Hall–Kier alpha value is -1.20. The summed E-state index contributed by atoms with van der Waals surface area (Å²) in [6, 6.07) is 0. The number of aromatic nitrogens is 2. The number of halogens is 3. The molecule has 2 N–H and O–H groups in total. The van der Waals surface area contributed by atoms with Crippen LogP contribution in [0.1, 0.15) is 11.4 Å². The third-order valence-electron chi connectivity index (χ3n) is 1.65. The van der Waals surface area contributed by atoms with Crippen molar-refractivity contribution < 1.29 is 13.2 Å². The minimum atomic E-state index is -4.46. The first kappa shape index (κ1) is 8.89. The van der Waals surface area contributed by atoms with Gasteiger partial charge < -0.3 is 5.73 Å². The number of aryl methyl sites for hydroxylation is 1. The van der Waals surface area contributed by atoms with E-state index in [0.29, 0.717) is 5.69 Å². The molecular weight excluding hydrogens is 171 g/mol. The van der Waals surface area contributed by atoms with E-state index < -0.39 is 11.9 Å². The third-order valence-corrected chi connectivity index (χ3v) is 1.65. The molecule has 0 fully saturated rings. The topological polar surface area (TPSA) is 43.8 Å². The van der Waals surface area contributed by atoms with Crippen molar-refractivity contribution in [1.29, 1.82) is 0 Å². The van der Waals surface area contributed by atoms with Crippen LogP contribution in [0.4, 0.5) is 18.9 Å². The molecule has 0 amide bonds. The molecule has 0 radical (unpaired) electrons. The Morgan fingerprint density at radius 1 is 1.42 bits per heavy atom. The summed E-state index contributed by atoms with van der Waals surface area (Å²) in [6.45, 7) is 1.48. The van der Waals surface area contributed by atoms with Gasteiger partial charge in [0.15, 0.2) is 5.69 Å². The Kier molecular flexibility index (Phi) is 1.78. The second-order valence-corrected chi connectivity index (χ2v) is 2.47. The molecule has 12 heavy (non-hydrogen) atoms. The second kappa shape index (κ2) is 2.40. The first-order chi connectivity index (χ1) is 5.34. The Labute approximate surface area is 67.0 Å². The Morgan fingerprint density at radius 2 is 1.92 bits per heavy atom. The molecule has 0 bridgehead atoms. The summed E-state index contributed by atoms with van der Waals surface area (Å²) in [7, 11) is 1.42. The average Bonchev–Trinajstić information content (AvgIpc) is 2.15. The van der Waals surface area contributed by atoms with E-state index in [9.17, 15) is 13.2 Å². The van der Waals surface area contributed by atoms with E-state index >= 15 is 0 Å². The zero-order chi connectivity index (χ0) is 9.52. The molecule has 0 spiro atoms. The van der Waals surface area contributed by atoms with Crippen molar-refractivity contribution in [3.8, 4) is 0 Å². The molecular formula is C6H8F3N3. The fraction of sp³-hybridized carbons (Fsp3) is 0.500. The van der Waals surface area contributed by atoms with E-state index in [4.69, 9.17) is 5.73 Å². The molecule has 0 saturated carbocycles. The van der Waals surface area contributed by atoms with Crippen LogP contribution in [0.2, 0.25) is 0 Å². The second-order valence-electron chi connectivity index (χ2n) is 2.47. The Morgan fingerprint density at radius 3 is 2.08 bits per heavy atom. The molecule has 0 aliphatic heterocycles. The summed E-state index contributed by atoms with van der Waals surface area (Å²) in [4.78, 5) is 0. The van der Waals surface area contributed by atoms with Crippen molar-refractivity contribution in [2.75, 3.05) is 5.73 Å². The SMILES string of the molecule is Cc1c(N)c(C(F)(F)F)nn1C. The molecule has 0 aliphatic carbocycles. The lowest BCUT2D eigenvalue weighted by molar-refractivity contribution is -0.140. The highest BCUT2D eigenvalue weighted by molar-refractivity contribution is 5.48. The van der Waals surface area contributed by atoms with Gasteiger partial charge in [-0.05, 0) is 6.92 Å². The number of nitrogens with zero attached hydrogens (tertiary/aromatic N) is 2. The van der Waals surface area contributed by atoms with Crippen LogP contribution in [-0.4, -0.2) is 9.78 Å². The molecule has 6 heteroatoms. The molecule has 0 aromatic carbocycles. The van der Waals surface area contributed by atoms with Gasteiger partial charge in [-0.25, -0.2) is 0 Å². The van der Waals surface area contributed by atoms with Gasteiger partial charge in [-0.2, -0.15) is 18.3 Å². The van der Waals surface area contributed by atoms with Crippen LogP contribution in [0.5, 0.6) is 0 Å². The summed E-state index contributed by atoms with van der Waals surface area (Å²) in [5.74, 6) is 0. The number of rotatable bonds is 0. The smallest absolute Gasteiger partial charge is 0.395 e. The van der Waals surface area contributed by atoms with Crippen molar-refractivity contribution in [1.82, 2.24) is 9.78 Å². The Balaban J connectivity index is 3.28. The number of alkyl halides is 3. The number of hydrogen-bond donors (Lipinski definition) is 1. The predicted octanol–water partition coefficient (Wildman–Crippen LogP) is 1.33. The normalized spacial score (nSPS) is 12.1. The molecule has 1 rings (SSSR count). The quantitative estimate of drug-likeness (QED) is 0.652. The standard InChI is InChI=1S/C6H8F3N3/c1-3-4(10)5(6(7,8)9)11-12(3)2/h10H2,1-2H3. The summed E-state index contributed by atoms with van der Waals surface area (Å²) in [5.41, 5.74) is 4.20. The molecule has 68 valence electrons. The van der Waals surface area contributed by atoms with Gasteiger partial charge in [-0.1, -0.05) is 0 Å². The molecule has 0 unspecified atom stereocenters. The minimum absolute atomic E-state index is 0.301. The van der Waals surface area contributed by atoms with Crippen LogP contribution < -0.4 is 5.73 Å². The zero-order valence-corrected chi connectivity index (χ0v) is 6.61. The highest BCUT2D eigenvalue weighted by atomic mass is 19.4. The average molecular weight is 179 g/mol. The highest BCUT2D eigenvalue weighted by Gasteiger charge is 2.37. The maximum atomic E-state index is 12.1. The third kappa shape index (κ3) is 1.24. The van der Waals surface area contributed by atoms with Crippen LogP contribution in [0, 0.1) is 6.92 Å². The molecule has 1 aromatic rings. The van der Waals surface area contributed by atoms with Gasteiger partial charge >= 0.3 is 6.18 Å². The summed E-state index contributed by atoms with van der Waals surface area (Å²) < 4.78 is 37.4. The summed E-state index contributed by atoms with van der Waals surface area (Å²) in [6.07, 6.45) is -4.46. The van der Waals surface area contributed by atoms with E-state index in [-0.39, 0.29) is 5.69 Å².